The molecule has 1 unspecified atom stereocenters. The van der Waals surface area contributed by atoms with Gasteiger partial charge in [0.15, 0.2) is 40.0 Å². The lowest BCUT2D eigenvalue weighted by molar-refractivity contribution is -0.157. The van der Waals surface area contributed by atoms with Crippen LogP contribution in [-0.2, 0) is 42.2 Å². The highest BCUT2D eigenvalue weighted by atomic mass is 32.2. The van der Waals surface area contributed by atoms with Crippen LogP contribution in [0.25, 0.3) is 0 Å². The molecule has 4 bridgehead atoms. The number of rotatable bonds is 5. The van der Waals surface area contributed by atoms with Gasteiger partial charge >= 0.3 is 24.0 Å². The second-order valence-electron chi connectivity index (χ2n) is 17.9. The van der Waals surface area contributed by atoms with Crippen LogP contribution >= 0.6 is 11.8 Å². The van der Waals surface area contributed by atoms with Gasteiger partial charge in [-0.05, 0) is 81.8 Å². The Morgan fingerprint density at radius 2 is 1.77 bits per heavy atom. The van der Waals surface area contributed by atoms with Crippen molar-refractivity contribution >= 4 is 35.8 Å². The number of phenols is 1. The Balaban J connectivity index is 1.33. The highest BCUT2D eigenvalue weighted by Crippen LogP contribution is 2.65. The van der Waals surface area contributed by atoms with E-state index in [1.807, 2.05) is 17.9 Å². The summed E-state index contributed by atoms with van der Waals surface area (Å²) in [6, 6.07) is 3.08. The summed E-state index contributed by atoms with van der Waals surface area (Å²) in [6.45, 7) is 13.5. The number of fused-ring (bicyclic) bond motifs is 9. The fraction of sp³-hybridized carbons (Fsp3) is 0.468. The third kappa shape index (κ3) is 6.80. The quantitative estimate of drug-likeness (QED) is 0.180. The van der Waals surface area contributed by atoms with Gasteiger partial charge in [-0.1, -0.05) is 12.6 Å². The molecule has 18 heteroatoms. The van der Waals surface area contributed by atoms with Gasteiger partial charge in [-0.15, -0.1) is 11.8 Å². The van der Waals surface area contributed by atoms with E-state index < -0.39 is 70.6 Å². The number of aryl methyl sites for hydroxylation is 1. The van der Waals surface area contributed by atoms with E-state index in [2.05, 4.69) is 18.0 Å². The number of nitriles is 1. The Labute approximate surface area is 379 Å². The standard InChI is InChI=1S/C47H50N4O13S/c1-10-32(53)63-31-15-24-11-12-49-47(26(24)16-30(31)57-8)19-65-43-35-34(42-41(60-20-61-42)22(3)40(35)62-23(4)52)29(18-59-44(47)55)50-28(17-48)27-14-25-13-21(2)39(58-9)38(54)33(25)36(37(43)50)51(27)45(56)64-46(5,6)7/h10,13,15-16,27-29,36-37,43,49,54H,1,11-12,14,18-20H2,2-9H3/t27-,28-,29-,36-,37?,43+,47+/m0/s1. The van der Waals surface area contributed by atoms with Gasteiger partial charge in [0, 0.05) is 47.6 Å². The molecule has 2 N–H and O–H groups in total. The average molecular weight is 911 g/mol. The smallest absolute Gasteiger partial charge is 0.411 e. The van der Waals surface area contributed by atoms with E-state index in [4.69, 9.17) is 37.9 Å². The van der Waals surface area contributed by atoms with E-state index in [1.165, 1.54) is 32.9 Å². The molecule has 342 valence electrons. The lowest BCUT2D eigenvalue weighted by Gasteiger charge is -2.62. The minimum Gasteiger partial charge on any atom is -0.504 e. The van der Waals surface area contributed by atoms with Gasteiger partial charge in [-0.3, -0.25) is 19.9 Å². The summed E-state index contributed by atoms with van der Waals surface area (Å²) in [4.78, 5) is 59.1. The van der Waals surface area contributed by atoms with Gasteiger partial charge in [-0.25, -0.2) is 14.4 Å². The predicted octanol–water partition coefficient (Wildman–Crippen LogP) is 5.68. The summed E-state index contributed by atoms with van der Waals surface area (Å²) in [6.07, 6.45) is 0.977. The van der Waals surface area contributed by atoms with Crippen LogP contribution in [0.15, 0.2) is 30.9 Å². The van der Waals surface area contributed by atoms with Crippen molar-refractivity contribution in [3.63, 3.8) is 0 Å². The lowest BCUT2D eigenvalue weighted by Crippen LogP contribution is -2.71. The van der Waals surface area contributed by atoms with E-state index in [9.17, 15) is 24.8 Å². The molecule has 7 aliphatic heterocycles. The first kappa shape index (κ1) is 44.1. The molecule has 0 radical (unpaired) electrons. The molecule has 0 saturated carbocycles. The van der Waals surface area contributed by atoms with Crippen LogP contribution in [0, 0.1) is 25.2 Å². The maximum absolute atomic E-state index is 15.1. The number of hydrogen-bond acceptors (Lipinski definition) is 17. The highest BCUT2D eigenvalue weighted by molar-refractivity contribution is 7.99. The predicted molar refractivity (Wildman–Crippen MR) is 232 cm³/mol. The topological polar surface area (TPSA) is 205 Å². The summed E-state index contributed by atoms with van der Waals surface area (Å²) in [5.74, 6) is -0.614. The first-order valence-electron chi connectivity index (χ1n) is 21.3. The number of piperazine rings is 1. The molecule has 3 aromatic rings. The number of carbonyl (C=O) groups is 4. The van der Waals surface area contributed by atoms with Crippen LogP contribution in [-0.4, -0.2) is 103 Å². The van der Waals surface area contributed by atoms with Crippen molar-refractivity contribution in [2.45, 2.75) is 101 Å². The average Bonchev–Trinajstić information content (AvgIpc) is 3.75. The Hall–Kier alpha value is -6.16. The second-order valence-corrected chi connectivity index (χ2v) is 19.0. The molecule has 2 saturated heterocycles. The van der Waals surface area contributed by atoms with Crippen molar-refractivity contribution in [2.75, 3.05) is 39.9 Å². The van der Waals surface area contributed by atoms with Crippen molar-refractivity contribution in [1.29, 1.82) is 5.26 Å². The number of esters is 3. The zero-order chi connectivity index (χ0) is 46.4. The van der Waals surface area contributed by atoms with Crippen molar-refractivity contribution in [3.8, 4) is 46.3 Å². The molecule has 7 heterocycles. The molecule has 17 nitrogen and oxygen atoms in total. The molecule has 7 aliphatic rings. The zero-order valence-electron chi connectivity index (χ0n) is 37.3. The molecule has 7 atom stereocenters. The first-order chi connectivity index (χ1) is 31.0. The van der Waals surface area contributed by atoms with E-state index in [0.717, 1.165) is 11.6 Å². The van der Waals surface area contributed by atoms with Crippen molar-refractivity contribution in [1.82, 2.24) is 15.1 Å². The monoisotopic (exact) mass is 910 g/mol. The van der Waals surface area contributed by atoms with E-state index >= 15 is 4.79 Å². The highest BCUT2D eigenvalue weighted by Gasteiger charge is 2.64. The van der Waals surface area contributed by atoms with E-state index in [0.29, 0.717) is 63.4 Å². The summed E-state index contributed by atoms with van der Waals surface area (Å²) >= 11 is 1.33. The Morgan fingerprint density at radius 1 is 1.02 bits per heavy atom. The molecule has 0 aromatic heterocycles. The van der Waals surface area contributed by atoms with Crippen LogP contribution in [0.5, 0.6) is 40.2 Å². The number of phenolic OH excluding ortho intramolecular Hbond substituents is 1. The Bertz CT molecular complexity index is 2620. The molecule has 1 spiro atoms. The molecule has 1 amide bonds. The summed E-state index contributed by atoms with van der Waals surface area (Å²) in [7, 11) is 2.89. The van der Waals surface area contributed by atoms with Crippen molar-refractivity contribution in [3.05, 3.63) is 75.4 Å². The van der Waals surface area contributed by atoms with Crippen LogP contribution in [0.2, 0.25) is 0 Å². The minimum absolute atomic E-state index is 0.0181. The second kappa shape index (κ2) is 16.1. The number of benzene rings is 3. The van der Waals surface area contributed by atoms with Gasteiger partial charge < -0.3 is 43.0 Å². The molecule has 0 aliphatic carbocycles. The van der Waals surface area contributed by atoms with Gasteiger partial charge in [-0.2, -0.15) is 5.26 Å². The number of amides is 1. The molecular weight excluding hydrogens is 861 g/mol. The number of thioether (sulfide) groups is 1. The molecule has 3 aromatic carbocycles. The summed E-state index contributed by atoms with van der Waals surface area (Å²) < 4.78 is 48.2. The maximum Gasteiger partial charge on any atom is 0.411 e. The largest absolute Gasteiger partial charge is 0.504 e. The number of nitrogens with one attached hydrogen (secondary N) is 1. The number of carbonyl (C=O) groups excluding carboxylic acids is 4. The lowest BCUT2D eigenvalue weighted by atomic mass is 9.71. The van der Waals surface area contributed by atoms with Crippen LogP contribution in [0.3, 0.4) is 0 Å². The van der Waals surface area contributed by atoms with Crippen molar-refractivity contribution < 1.29 is 62.2 Å². The molecular formula is C47H50N4O13S. The van der Waals surface area contributed by atoms with Crippen molar-refractivity contribution in [2.24, 2.45) is 0 Å². The van der Waals surface area contributed by atoms with Crippen LogP contribution in [0.1, 0.15) is 89.5 Å². The van der Waals surface area contributed by atoms with Gasteiger partial charge in [0.05, 0.1) is 49.7 Å². The number of nitrogens with zero attached hydrogens (tertiary/aromatic N) is 3. The maximum atomic E-state index is 15.1. The number of hydrogen-bond donors (Lipinski definition) is 2. The fourth-order valence-corrected chi connectivity index (χ4v) is 12.4. The summed E-state index contributed by atoms with van der Waals surface area (Å²) in [5, 5.41) is 26.5. The molecule has 10 rings (SSSR count). The van der Waals surface area contributed by atoms with Crippen LogP contribution < -0.4 is 33.7 Å². The van der Waals surface area contributed by atoms with Gasteiger partial charge in [0.2, 0.25) is 6.79 Å². The SMILES string of the molecule is C=CC(=O)Oc1cc2c(cc1OC)[C@@]1(CS[C@@H]3c4c(OC(C)=O)c(C)c5c(c4[C@H](COC1=O)N1C3[C@@H]3c4c(cc(C)c(OC)c4O)C[C@@H]([C@@H]1C#N)N3C(=O)OC(C)(C)C)OCO5)NCC2. The number of ether oxygens (including phenoxy) is 8. The number of methoxy groups -OCH3 is 2. The third-order valence-corrected chi connectivity index (χ3v) is 14.6. The minimum atomic E-state index is -1.54. The Kier molecular flexibility index (Phi) is 10.9. The first-order valence-corrected chi connectivity index (χ1v) is 22.3. The molecule has 2 fully saturated rings. The van der Waals surface area contributed by atoms with Crippen LogP contribution in [0.4, 0.5) is 4.79 Å². The Morgan fingerprint density at radius 3 is 2.45 bits per heavy atom. The summed E-state index contributed by atoms with van der Waals surface area (Å²) in [5.41, 5.74) is 2.08. The van der Waals surface area contributed by atoms with E-state index in [-0.39, 0.29) is 54.3 Å². The normalized spacial score (nSPS) is 26.0. The zero-order valence-corrected chi connectivity index (χ0v) is 38.1. The number of aromatic hydroxyl groups is 1. The van der Waals surface area contributed by atoms with Gasteiger partial charge in [0.25, 0.3) is 0 Å². The molecule has 65 heavy (non-hydrogen) atoms. The third-order valence-electron chi connectivity index (χ3n) is 13.1. The van der Waals surface area contributed by atoms with E-state index in [1.54, 1.807) is 44.7 Å². The van der Waals surface area contributed by atoms with Gasteiger partial charge in [0.1, 0.15) is 24.0 Å². The fourth-order valence-electron chi connectivity index (χ4n) is 10.7.